The molecular formula is C34H38F7NO5. The van der Waals surface area contributed by atoms with Gasteiger partial charge < -0.3 is 14.9 Å². The molecule has 2 aromatic rings. The lowest BCUT2D eigenvalue weighted by atomic mass is 9.72. The van der Waals surface area contributed by atoms with Crippen molar-refractivity contribution in [3.63, 3.8) is 0 Å². The molecule has 2 fully saturated rings. The van der Waals surface area contributed by atoms with E-state index >= 15 is 4.39 Å². The molecule has 47 heavy (non-hydrogen) atoms. The molecule has 3 atom stereocenters. The summed E-state index contributed by atoms with van der Waals surface area (Å²) in [6.45, 7) is 1.13. The summed E-state index contributed by atoms with van der Waals surface area (Å²) < 4.78 is 93.9. The summed E-state index contributed by atoms with van der Waals surface area (Å²) in [7, 11) is 0. The SMILES string of the molecule is O=C(O)C(F)(F)F.O=C(O)C[C@@H]1CC[C@@H](N(CC2=Cc3ccccc3OC2)CC2(F)CCCCC2)[C@H](c2ccc(C(F)(F)F)cc2)C1. The highest BCUT2D eigenvalue weighted by Gasteiger charge is 2.42. The predicted octanol–water partition coefficient (Wildman–Crippen LogP) is 8.52. The Kier molecular flexibility index (Phi) is 11.6. The van der Waals surface area contributed by atoms with E-state index in [9.17, 15) is 36.2 Å². The molecular weight excluding hydrogens is 635 g/mol. The third-order valence-corrected chi connectivity index (χ3v) is 9.10. The first-order valence-electron chi connectivity index (χ1n) is 15.6. The molecule has 0 aromatic heterocycles. The number of nitrogens with zero attached hydrogens (tertiary/aromatic N) is 1. The number of carbonyl (C=O) groups is 2. The minimum absolute atomic E-state index is 0.0205. The first-order valence-corrected chi connectivity index (χ1v) is 15.6. The second-order valence-corrected chi connectivity index (χ2v) is 12.6. The van der Waals surface area contributed by atoms with Gasteiger partial charge in [-0.05, 0) is 79.4 Å². The minimum Gasteiger partial charge on any atom is -0.489 e. The zero-order valence-corrected chi connectivity index (χ0v) is 25.6. The van der Waals surface area contributed by atoms with E-state index in [0.29, 0.717) is 45.3 Å². The second kappa shape index (κ2) is 15.1. The first-order chi connectivity index (χ1) is 22.0. The molecule has 0 unspecified atom stereocenters. The van der Waals surface area contributed by atoms with Crippen molar-refractivity contribution in [2.45, 2.75) is 87.8 Å². The lowest BCUT2D eigenvalue weighted by Crippen LogP contribution is -2.50. The largest absolute Gasteiger partial charge is 0.490 e. The first kappa shape index (κ1) is 36.2. The second-order valence-electron chi connectivity index (χ2n) is 12.6. The van der Waals surface area contributed by atoms with E-state index in [0.717, 1.165) is 53.8 Å². The van der Waals surface area contributed by atoms with Gasteiger partial charge in [-0.25, -0.2) is 9.18 Å². The summed E-state index contributed by atoms with van der Waals surface area (Å²) in [4.78, 5) is 22.6. The van der Waals surface area contributed by atoms with E-state index in [1.165, 1.54) is 12.1 Å². The van der Waals surface area contributed by atoms with Crippen LogP contribution < -0.4 is 4.74 Å². The van der Waals surface area contributed by atoms with E-state index in [1.54, 1.807) is 0 Å². The molecule has 0 radical (unpaired) electrons. The van der Waals surface area contributed by atoms with Gasteiger partial charge in [0, 0.05) is 31.1 Å². The number of carboxylic acids is 2. The number of para-hydroxylation sites is 1. The van der Waals surface area contributed by atoms with Crippen molar-refractivity contribution in [3.8, 4) is 5.75 Å². The molecule has 3 aliphatic rings. The van der Waals surface area contributed by atoms with Gasteiger partial charge >= 0.3 is 24.3 Å². The van der Waals surface area contributed by atoms with Crippen molar-refractivity contribution in [2.75, 3.05) is 19.7 Å². The van der Waals surface area contributed by atoms with Crippen LogP contribution >= 0.6 is 0 Å². The Morgan fingerprint density at radius 3 is 2.15 bits per heavy atom. The fourth-order valence-corrected chi connectivity index (χ4v) is 6.90. The van der Waals surface area contributed by atoms with Crippen LogP contribution in [0.2, 0.25) is 0 Å². The average Bonchev–Trinajstić information content (AvgIpc) is 3.00. The van der Waals surface area contributed by atoms with Crippen LogP contribution in [0.1, 0.15) is 80.4 Å². The molecule has 13 heteroatoms. The van der Waals surface area contributed by atoms with Crippen molar-refractivity contribution < 1.29 is 55.3 Å². The fraction of sp³-hybridized carbons (Fsp3) is 0.529. The van der Waals surface area contributed by atoms with Gasteiger partial charge in [-0.2, -0.15) is 26.3 Å². The Morgan fingerprint density at radius 1 is 0.915 bits per heavy atom. The molecule has 1 aliphatic heterocycles. The molecule has 258 valence electrons. The van der Waals surface area contributed by atoms with Crippen LogP contribution in [0.15, 0.2) is 54.1 Å². The van der Waals surface area contributed by atoms with Crippen LogP contribution in [0.4, 0.5) is 30.7 Å². The monoisotopic (exact) mass is 673 g/mol. The highest BCUT2D eigenvalue weighted by Crippen LogP contribution is 2.43. The molecule has 2 aromatic carbocycles. The number of ether oxygens (including phenoxy) is 1. The summed E-state index contributed by atoms with van der Waals surface area (Å²) in [6, 6.07) is 12.9. The molecule has 2 N–H and O–H groups in total. The maximum Gasteiger partial charge on any atom is 0.490 e. The number of fused-ring (bicyclic) bond motifs is 1. The van der Waals surface area contributed by atoms with E-state index in [2.05, 4.69) is 11.0 Å². The molecule has 0 spiro atoms. The molecule has 0 amide bonds. The van der Waals surface area contributed by atoms with Gasteiger partial charge in [0.05, 0.1) is 5.56 Å². The van der Waals surface area contributed by atoms with Crippen molar-refractivity contribution in [2.24, 2.45) is 5.92 Å². The number of carboxylic acid groups (broad SMARTS) is 2. The zero-order chi connectivity index (χ0) is 34.4. The van der Waals surface area contributed by atoms with E-state index in [-0.39, 0.29) is 30.8 Å². The van der Waals surface area contributed by atoms with Gasteiger partial charge in [0.2, 0.25) is 0 Å². The van der Waals surface area contributed by atoms with Crippen LogP contribution in [0, 0.1) is 5.92 Å². The molecule has 0 saturated heterocycles. The quantitative estimate of drug-likeness (QED) is 0.273. The van der Waals surface area contributed by atoms with Gasteiger partial charge in [-0.3, -0.25) is 9.69 Å². The van der Waals surface area contributed by atoms with Gasteiger partial charge in [0.15, 0.2) is 0 Å². The number of halogens is 7. The Balaban J connectivity index is 0.000000644. The summed E-state index contributed by atoms with van der Waals surface area (Å²) in [5.41, 5.74) is 0.705. The maximum atomic E-state index is 16.2. The molecule has 2 saturated carbocycles. The van der Waals surface area contributed by atoms with Crippen LogP contribution in [0.3, 0.4) is 0 Å². The molecule has 6 nitrogen and oxygen atoms in total. The minimum atomic E-state index is -5.08. The predicted molar refractivity (Wildman–Crippen MR) is 160 cm³/mol. The summed E-state index contributed by atoms with van der Waals surface area (Å²) >= 11 is 0. The highest BCUT2D eigenvalue weighted by molar-refractivity contribution is 5.73. The van der Waals surface area contributed by atoms with Crippen LogP contribution in [-0.2, 0) is 15.8 Å². The normalized spacial score (nSPS) is 22.6. The summed E-state index contributed by atoms with van der Waals surface area (Å²) in [5.74, 6) is -3.11. The smallest absolute Gasteiger partial charge is 0.489 e. The third-order valence-electron chi connectivity index (χ3n) is 9.10. The number of hydrogen-bond donors (Lipinski definition) is 2. The Hall–Kier alpha value is -3.61. The third kappa shape index (κ3) is 10.2. The molecule has 0 bridgehead atoms. The van der Waals surface area contributed by atoms with Gasteiger partial charge in [0.25, 0.3) is 0 Å². The number of rotatable bonds is 8. The number of aliphatic carboxylic acids is 2. The zero-order valence-electron chi connectivity index (χ0n) is 25.6. The van der Waals surface area contributed by atoms with Crippen LogP contribution in [0.5, 0.6) is 5.75 Å². The van der Waals surface area contributed by atoms with E-state index in [4.69, 9.17) is 14.6 Å². The molecule has 1 heterocycles. The number of alkyl halides is 7. The average molecular weight is 674 g/mol. The lowest BCUT2D eigenvalue weighted by molar-refractivity contribution is -0.192. The Labute approximate surface area is 268 Å². The van der Waals surface area contributed by atoms with Gasteiger partial charge in [-0.1, -0.05) is 49.6 Å². The molecule has 5 rings (SSSR count). The Bertz CT molecular complexity index is 1400. The standard InChI is InChI=1S/C32H37F4NO3.C2HF3O2/c33-31(14-4-1-5-15-31)21-37(19-23-16-25-6-2-3-7-29(25)40-20-23)28-13-8-22(18-30(38)39)17-27(28)24-9-11-26(12-10-24)32(34,35)36;3-2(4,5)1(6)7/h2-3,6-7,9-12,16,22,27-28H,1,4-5,8,13-15,17-21H2,(H,38,39);(H,6,7)/t22-,27+,28-;/m1./s1. The highest BCUT2D eigenvalue weighted by atomic mass is 19.4. The van der Waals surface area contributed by atoms with Gasteiger partial charge in [-0.15, -0.1) is 0 Å². The Morgan fingerprint density at radius 2 is 1.55 bits per heavy atom. The van der Waals surface area contributed by atoms with Crippen LogP contribution in [-0.4, -0.2) is 64.6 Å². The van der Waals surface area contributed by atoms with Gasteiger partial charge in [0.1, 0.15) is 18.0 Å². The maximum absolute atomic E-state index is 16.2. The molecule has 2 aliphatic carbocycles. The summed E-state index contributed by atoms with van der Waals surface area (Å²) in [6.07, 6.45) is -1.81. The number of hydrogen-bond acceptors (Lipinski definition) is 4. The van der Waals surface area contributed by atoms with E-state index in [1.807, 2.05) is 24.3 Å². The van der Waals surface area contributed by atoms with Crippen LogP contribution in [0.25, 0.3) is 6.08 Å². The number of benzene rings is 2. The van der Waals surface area contributed by atoms with Crippen molar-refractivity contribution >= 4 is 18.0 Å². The topological polar surface area (TPSA) is 87.1 Å². The van der Waals surface area contributed by atoms with Crippen molar-refractivity contribution in [1.29, 1.82) is 0 Å². The fourth-order valence-electron chi connectivity index (χ4n) is 6.90. The van der Waals surface area contributed by atoms with Crippen molar-refractivity contribution in [1.82, 2.24) is 4.90 Å². The summed E-state index contributed by atoms with van der Waals surface area (Å²) in [5, 5.41) is 16.6. The lowest BCUT2D eigenvalue weighted by Gasteiger charge is -2.46. The van der Waals surface area contributed by atoms with Crippen molar-refractivity contribution in [3.05, 3.63) is 70.8 Å². The van der Waals surface area contributed by atoms with E-state index < -0.39 is 35.5 Å².